The number of carbonyl (C=O) groups is 1. The summed E-state index contributed by atoms with van der Waals surface area (Å²) in [6, 6.07) is 3.63. The van der Waals surface area contributed by atoms with Crippen molar-refractivity contribution >= 4 is 17.3 Å². The molecule has 0 heterocycles. The minimum Gasteiger partial charge on any atom is -0.319 e. The lowest BCUT2D eigenvalue weighted by molar-refractivity contribution is -0.384. The molecule has 0 fully saturated rings. The normalized spacial score (nSPS) is 11.4. The molecule has 1 aromatic carbocycles. The van der Waals surface area contributed by atoms with E-state index in [2.05, 4.69) is 11.2 Å². The molecule has 0 saturated heterocycles. The minimum atomic E-state index is -0.879. The van der Waals surface area contributed by atoms with Crippen LogP contribution in [0.15, 0.2) is 18.2 Å². The van der Waals surface area contributed by atoms with Gasteiger partial charge in [0.05, 0.1) is 11.0 Å². The average molecular weight is 247 g/mol. The maximum absolute atomic E-state index is 11.6. The highest BCUT2D eigenvalue weighted by Crippen LogP contribution is 2.25. The molecule has 1 rings (SSSR count). The molecular formula is C12H13N3O3. The third kappa shape index (κ3) is 3.30. The van der Waals surface area contributed by atoms with Crippen molar-refractivity contribution in [2.45, 2.75) is 19.4 Å². The van der Waals surface area contributed by atoms with Gasteiger partial charge in [0, 0.05) is 12.5 Å². The van der Waals surface area contributed by atoms with Crippen LogP contribution in [0.5, 0.6) is 0 Å². The number of anilines is 1. The molecule has 1 aromatic rings. The predicted octanol–water partition coefficient (Wildman–Crippen LogP) is 1.19. The summed E-state index contributed by atoms with van der Waals surface area (Å²) >= 11 is 0. The number of benzene rings is 1. The molecule has 94 valence electrons. The molecule has 0 bridgehead atoms. The van der Waals surface area contributed by atoms with Gasteiger partial charge in [0.25, 0.3) is 5.69 Å². The zero-order valence-corrected chi connectivity index (χ0v) is 9.84. The van der Waals surface area contributed by atoms with Crippen molar-refractivity contribution < 1.29 is 9.72 Å². The maximum atomic E-state index is 11.6. The van der Waals surface area contributed by atoms with Gasteiger partial charge in [-0.2, -0.15) is 0 Å². The standard InChI is InChI=1S/C12H13N3O3/c1-3-4-9(13)12(16)14-10-6-5-8(2)7-11(10)15(17)18/h1,5-7,9H,4,13H2,2H3,(H,14,16). The fourth-order valence-electron chi connectivity index (χ4n) is 1.34. The zero-order valence-electron chi connectivity index (χ0n) is 9.84. The minimum absolute atomic E-state index is 0.0749. The van der Waals surface area contributed by atoms with E-state index in [-0.39, 0.29) is 17.8 Å². The quantitative estimate of drug-likeness (QED) is 0.474. The smallest absolute Gasteiger partial charge is 0.293 e. The fraction of sp³-hybridized carbons (Fsp3) is 0.250. The second-order valence-corrected chi connectivity index (χ2v) is 3.78. The Hall–Kier alpha value is -2.39. The molecule has 0 aromatic heterocycles. The third-order valence-electron chi connectivity index (χ3n) is 2.28. The Morgan fingerprint density at radius 3 is 2.89 bits per heavy atom. The molecule has 6 nitrogen and oxygen atoms in total. The number of hydrogen-bond donors (Lipinski definition) is 2. The molecule has 0 saturated carbocycles. The van der Waals surface area contributed by atoms with E-state index in [0.29, 0.717) is 0 Å². The highest BCUT2D eigenvalue weighted by atomic mass is 16.6. The molecule has 0 radical (unpaired) electrons. The fourth-order valence-corrected chi connectivity index (χ4v) is 1.34. The number of nitrogens with zero attached hydrogens (tertiary/aromatic N) is 1. The molecule has 18 heavy (non-hydrogen) atoms. The van der Waals surface area contributed by atoms with Crippen LogP contribution in [0, 0.1) is 29.4 Å². The van der Waals surface area contributed by atoms with E-state index in [4.69, 9.17) is 12.2 Å². The number of aryl methyl sites for hydroxylation is 1. The van der Waals surface area contributed by atoms with Crippen molar-refractivity contribution in [3.05, 3.63) is 33.9 Å². The molecule has 1 amide bonds. The summed E-state index contributed by atoms with van der Waals surface area (Å²) in [5, 5.41) is 13.2. The van der Waals surface area contributed by atoms with E-state index in [0.717, 1.165) is 5.56 Å². The van der Waals surface area contributed by atoms with Gasteiger partial charge in [-0.05, 0) is 18.6 Å². The Kier molecular flexibility index (Phi) is 4.40. The van der Waals surface area contributed by atoms with Crippen LogP contribution in [0.25, 0.3) is 0 Å². The van der Waals surface area contributed by atoms with E-state index in [9.17, 15) is 14.9 Å². The van der Waals surface area contributed by atoms with Crippen LogP contribution in [0.2, 0.25) is 0 Å². The lowest BCUT2D eigenvalue weighted by Crippen LogP contribution is -2.35. The van der Waals surface area contributed by atoms with Crippen LogP contribution in [0.3, 0.4) is 0 Å². The number of carbonyl (C=O) groups excluding carboxylic acids is 1. The van der Waals surface area contributed by atoms with Gasteiger partial charge >= 0.3 is 0 Å². The number of rotatable bonds is 4. The number of terminal acetylenes is 1. The average Bonchev–Trinajstić information content (AvgIpc) is 2.31. The zero-order chi connectivity index (χ0) is 13.7. The molecular weight excluding hydrogens is 234 g/mol. The second kappa shape index (κ2) is 5.80. The molecule has 1 unspecified atom stereocenters. The lowest BCUT2D eigenvalue weighted by Gasteiger charge is -2.10. The van der Waals surface area contributed by atoms with Crippen molar-refractivity contribution in [3.8, 4) is 12.3 Å². The van der Waals surface area contributed by atoms with Crippen LogP contribution >= 0.6 is 0 Å². The summed E-state index contributed by atoms with van der Waals surface area (Å²) in [5.41, 5.74) is 6.18. The molecule has 0 aliphatic heterocycles. The van der Waals surface area contributed by atoms with Crippen molar-refractivity contribution in [1.82, 2.24) is 0 Å². The van der Waals surface area contributed by atoms with E-state index in [1.165, 1.54) is 12.1 Å². The summed E-state index contributed by atoms with van der Waals surface area (Å²) in [6.07, 6.45) is 5.12. The Morgan fingerprint density at radius 2 is 2.33 bits per heavy atom. The summed E-state index contributed by atoms with van der Waals surface area (Å²) in [5.74, 6) is 1.72. The number of nitro groups is 1. The largest absolute Gasteiger partial charge is 0.319 e. The number of amides is 1. The van der Waals surface area contributed by atoms with E-state index >= 15 is 0 Å². The molecule has 0 aliphatic carbocycles. The van der Waals surface area contributed by atoms with Gasteiger partial charge in [-0.25, -0.2) is 0 Å². The maximum Gasteiger partial charge on any atom is 0.293 e. The molecule has 1 atom stereocenters. The third-order valence-corrected chi connectivity index (χ3v) is 2.28. The first-order valence-electron chi connectivity index (χ1n) is 5.20. The van der Waals surface area contributed by atoms with E-state index in [1.54, 1.807) is 13.0 Å². The Labute approximate surface area is 104 Å². The van der Waals surface area contributed by atoms with Crippen molar-refractivity contribution in [2.75, 3.05) is 5.32 Å². The van der Waals surface area contributed by atoms with Crippen molar-refractivity contribution in [3.63, 3.8) is 0 Å². The summed E-state index contributed by atoms with van der Waals surface area (Å²) < 4.78 is 0. The monoisotopic (exact) mass is 247 g/mol. The van der Waals surface area contributed by atoms with Gasteiger partial charge in [0.2, 0.25) is 5.91 Å². The van der Waals surface area contributed by atoms with Crippen LogP contribution in [-0.4, -0.2) is 16.9 Å². The van der Waals surface area contributed by atoms with Crippen molar-refractivity contribution in [2.24, 2.45) is 5.73 Å². The molecule has 0 spiro atoms. The second-order valence-electron chi connectivity index (χ2n) is 3.78. The van der Waals surface area contributed by atoms with Gasteiger partial charge < -0.3 is 11.1 Å². The Morgan fingerprint density at radius 1 is 1.67 bits per heavy atom. The van der Waals surface area contributed by atoms with Gasteiger partial charge in [0.1, 0.15) is 5.69 Å². The topological polar surface area (TPSA) is 98.3 Å². The van der Waals surface area contributed by atoms with Gasteiger partial charge in [0.15, 0.2) is 0 Å². The molecule has 3 N–H and O–H groups in total. The number of nitro benzene ring substituents is 1. The number of nitrogens with one attached hydrogen (secondary N) is 1. The van der Waals surface area contributed by atoms with E-state index < -0.39 is 16.9 Å². The highest BCUT2D eigenvalue weighted by molar-refractivity contribution is 5.96. The van der Waals surface area contributed by atoms with Crippen LogP contribution in [-0.2, 0) is 4.79 Å². The van der Waals surface area contributed by atoms with Crippen LogP contribution < -0.4 is 11.1 Å². The van der Waals surface area contributed by atoms with Crippen molar-refractivity contribution in [1.29, 1.82) is 0 Å². The first-order chi connectivity index (χ1) is 8.45. The molecule has 6 heteroatoms. The Bertz CT molecular complexity index is 520. The lowest BCUT2D eigenvalue weighted by atomic mass is 10.1. The van der Waals surface area contributed by atoms with Gasteiger partial charge in [-0.1, -0.05) is 6.07 Å². The van der Waals surface area contributed by atoms with Crippen LogP contribution in [0.1, 0.15) is 12.0 Å². The SMILES string of the molecule is C#CCC(N)C(=O)Nc1ccc(C)cc1[N+](=O)[O-]. The first kappa shape index (κ1) is 13.7. The summed E-state index contributed by atoms with van der Waals surface area (Å²) in [4.78, 5) is 21.9. The van der Waals surface area contributed by atoms with Gasteiger partial charge in [-0.15, -0.1) is 12.3 Å². The summed E-state index contributed by atoms with van der Waals surface area (Å²) in [6.45, 7) is 1.72. The van der Waals surface area contributed by atoms with Crippen LogP contribution in [0.4, 0.5) is 11.4 Å². The number of nitrogens with two attached hydrogens (primary N) is 1. The predicted molar refractivity (Wildman–Crippen MR) is 67.9 cm³/mol. The van der Waals surface area contributed by atoms with E-state index in [1.807, 2.05) is 0 Å². The highest BCUT2D eigenvalue weighted by Gasteiger charge is 2.18. The van der Waals surface area contributed by atoms with Gasteiger partial charge in [-0.3, -0.25) is 14.9 Å². The Balaban J connectivity index is 2.95. The number of hydrogen-bond acceptors (Lipinski definition) is 4. The summed E-state index contributed by atoms with van der Waals surface area (Å²) in [7, 11) is 0. The first-order valence-corrected chi connectivity index (χ1v) is 5.20. The molecule has 0 aliphatic rings.